The summed E-state index contributed by atoms with van der Waals surface area (Å²) in [5, 5.41) is 0. The zero-order chi connectivity index (χ0) is 23.9. The minimum absolute atomic E-state index is 0.258. The van der Waals surface area contributed by atoms with Crippen molar-refractivity contribution in [2.75, 3.05) is 59.4 Å². The van der Waals surface area contributed by atoms with Gasteiger partial charge in [0.15, 0.2) is 0 Å². The van der Waals surface area contributed by atoms with Crippen molar-refractivity contribution in [3.8, 4) is 11.1 Å². The second kappa shape index (κ2) is 9.70. The van der Waals surface area contributed by atoms with Crippen LogP contribution < -0.4 is 0 Å². The molecule has 0 radical (unpaired) electrons. The van der Waals surface area contributed by atoms with Crippen molar-refractivity contribution in [3.05, 3.63) is 59.2 Å². The molecule has 6 nitrogen and oxygen atoms in total. The van der Waals surface area contributed by atoms with E-state index in [9.17, 15) is 8.42 Å². The maximum Gasteiger partial charge on any atom is 0.282 e. The Kier molecular flexibility index (Phi) is 6.84. The maximum absolute atomic E-state index is 13.5. The highest BCUT2D eigenvalue weighted by molar-refractivity contribution is 7.86. The van der Waals surface area contributed by atoms with E-state index in [1.54, 1.807) is 8.61 Å². The Bertz CT molecular complexity index is 1110. The normalized spacial score (nSPS) is 25.9. The zero-order valence-electron chi connectivity index (χ0n) is 20.8. The van der Waals surface area contributed by atoms with Gasteiger partial charge in [-0.2, -0.15) is 17.0 Å². The lowest BCUT2D eigenvalue weighted by Gasteiger charge is -2.51. The highest BCUT2D eigenvalue weighted by atomic mass is 32.2. The molecule has 2 unspecified atom stereocenters. The number of benzene rings is 2. The standard InChI is InChI=1S/C27H38N4O2S/c1-21-7-6-8-25(22(21)2)23-9-11-24(12-10-23)26-19-29-13-4-5-14-31(20-27(26)29)34(32,33)30-17-15-28(3)16-18-30/h6-12,26-27H,4-5,13-20H2,1-3H3. The molecule has 184 valence electrons. The fourth-order valence-corrected chi connectivity index (χ4v) is 7.37. The van der Waals surface area contributed by atoms with Crippen molar-refractivity contribution in [1.82, 2.24) is 18.4 Å². The minimum Gasteiger partial charge on any atom is -0.304 e. The molecule has 2 aromatic rings. The molecule has 0 spiro atoms. The van der Waals surface area contributed by atoms with Crippen molar-refractivity contribution in [2.24, 2.45) is 0 Å². The number of rotatable bonds is 4. The summed E-state index contributed by atoms with van der Waals surface area (Å²) in [6, 6.07) is 15.7. The van der Waals surface area contributed by atoms with Crippen LogP contribution in [0, 0.1) is 13.8 Å². The van der Waals surface area contributed by atoms with Crippen LogP contribution >= 0.6 is 0 Å². The van der Waals surface area contributed by atoms with Crippen LogP contribution in [-0.2, 0) is 10.2 Å². The van der Waals surface area contributed by atoms with Crippen molar-refractivity contribution < 1.29 is 8.42 Å². The molecule has 5 rings (SSSR count). The van der Waals surface area contributed by atoms with Gasteiger partial charge >= 0.3 is 0 Å². The average molecular weight is 483 g/mol. The van der Waals surface area contributed by atoms with E-state index in [1.165, 1.54) is 27.8 Å². The van der Waals surface area contributed by atoms with Crippen LogP contribution in [-0.4, -0.2) is 92.3 Å². The van der Waals surface area contributed by atoms with Crippen molar-refractivity contribution in [3.63, 3.8) is 0 Å². The van der Waals surface area contributed by atoms with Gasteiger partial charge in [0.05, 0.1) is 0 Å². The van der Waals surface area contributed by atoms with Crippen LogP contribution in [0.5, 0.6) is 0 Å². The van der Waals surface area contributed by atoms with E-state index in [4.69, 9.17) is 0 Å². The van der Waals surface area contributed by atoms with Crippen LogP contribution in [0.25, 0.3) is 11.1 Å². The summed E-state index contributed by atoms with van der Waals surface area (Å²) < 4.78 is 30.5. The summed E-state index contributed by atoms with van der Waals surface area (Å²) in [4.78, 5) is 4.69. The number of hydrogen-bond acceptors (Lipinski definition) is 4. The number of likely N-dealkylation sites (N-methyl/N-ethyl adjacent to an activating group) is 1. The molecule has 3 saturated heterocycles. The van der Waals surface area contributed by atoms with E-state index in [-0.39, 0.29) is 6.04 Å². The Morgan fingerprint density at radius 1 is 0.794 bits per heavy atom. The molecule has 3 heterocycles. The van der Waals surface area contributed by atoms with Gasteiger partial charge < -0.3 is 4.90 Å². The predicted molar refractivity (Wildman–Crippen MR) is 138 cm³/mol. The van der Waals surface area contributed by atoms with Crippen molar-refractivity contribution >= 4 is 10.2 Å². The van der Waals surface area contributed by atoms with Crippen LogP contribution in [0.15, 0.2) is 42.5 Å². The lowest BCUT2D eigenvalue weighted by Crippen LogP contribution is -2.62. The Balaban J connectivity index is 1.33. The SMILES string of the molecule is Cc1cccc(-c2ccc(C3CN4CCCCN(S(=O)(=O)N5CCN(C)CC5)CC34)cc2)c1C. The summed E-state index contributed by atoms with van der Waals surface area (Å²) in [7, 11) is -1.36. The highest BCUT2D eigenvalue weighted by Crippen LogP contribution is 2.37. The fourth-order valence-electron chi connectivity index (χ4n) is 5.72. The molecule has 3 aliphatic rings. The molecular formula is C27H38N4O2S. The van der Waals surface area contributed by atoms with Crippen molar-refractivity contribution in [2.45, 2.75) is 38.6 Å². The largest absolute Gasteiger partial charge is 0.304 e. The predicted octanol–water partition coefficient (Wildman–Crippen LogP) is 3.33. The van der Waals surface area contributed by atoms with E-state index in [1.807, 2.05) is 0 Å². The Hall–Kier alpha value is -1.77. The quantitative estimate of drug-likeness (QED) is 0.671. The molecule has 0 N–H and O–H groups in total. The number of nitrogens with zero attached hydrogens (tertiary/aromatic N) is 4. The van der Waals surface area contributed by atoms with Crippen LogP contribution in [0.2, 0.25) is 0 Å². The van der Waals surface area contributed by atoms with Crippen LogP contribution in [0.3, 0.4) is 0 Å². The van der Waals surface area contributed by atoms with E-state index in [2.05, 4.69) is 73.2 Å². The first-order chi connectivity index (χ1) is 16.3. The van der Waals surface area contributed by atoms with Gasteiger partial charge in [-0.15, -0.1) is 0 Å². The molecule has 3 aliphatic heterocycles. The van der Waals surface area contributed by atoms with E-state index < -0.39 is 10.2 Å². The number of fused-ring (bicyclic) bond motifs is 1. The molecule has 2 aromatic carbocycles. The topological polar surface area (TPSA) is 47.1 Å². The van der Waals surface area contributed by atoms with Gasteiger partial charge in [0, 0.05) is 57.8 Å². The van der Waals surface area contributed by atoms with Crippen LogP contribution in [0.1, 0.15) is 35.4 Å². The second-order valence-corrected chi connectivity index (χ2v) is 12.2. The maximum atomic E-state index is 13.5. The first-order valence-electron chi connectivity index (χ1n) is 12.7. The summed E-state index contributed by atoms with van der Waals surface area (Å²) >= 11 is 0. The molecule has 34 heavy (non-hydrogen) atoms. The number of aryl methyl sites for hydroxylation is 1. The molecule has 3 fully saturated rings. The van der Waals surface area contributed by atoms with Crippen molar-refractivity contribution in [1.29, 1.82) is 0 Å². The third-order valence-electron chi connectivity index (χ3n) is 8.23. The summed E-state index contributed by atoms with van der Waals surface area (Å²) in [5.41, 5.74) is 6.50. The molecular weight excluding hydrogens is 444 g/mol. The fraction of sp³-hybridized carbons (Fsp3) is 0.556. The van der Waals surface area contributed by atoms with Gasteiger partial charge in [0.25, 0.3) is 10.2 Å². The highest BCUT2D eigenvalue weighted by Gasteiger charge is 2.44. The van der Waals surface area contributed by atoms with Gasteiger partial charge in [-0.05, 0) is 68.1 Å². The Morgan fingerprint density at radius 2 is 1.50 bits per heavy atom. The molecule has 7 heteroatoms. The summed E-state index contributed by atoms with van der Waals surface area (Å²) in [6.45, 7) is 10.5. The minimum atomic E-state index is -3.41. The lowest BCUT2D eigenvalue weighted by atomic mass is 9.81. The Morgan fingerprint density at radius 3 is 2.24 bits per heavy atom. The van der Waals surface area contributed by atoms with Gasteiger partial charge in [-0.3, -0.25) is 4.90 Å². The third-order valence-corrected chi connectivity index (χ3v) is 10.2. The average Bonchev–Trinajstić information content (AvgIpc) is 2.81. The van der Waals surface area contributed by atoms with E-state index in [0.29, 0.717) is 32.1 Å². The van der Waals surface area contributed by atoms with Crippen LogP contribution in [0.4, 0.5) is 0 Å². The van der Waals surface area contributed by atoms with Gasteiger partial charge in [0.1, 0.15) is 0 Å². The van der Waals surface area contributed by atoms with Gasteiger partial charge in [-0.25, -0.2) is 0 Å². The first-order valence-corrected chi connectivity index (χ1v) is 14.1. The Labute approximate surface area is 205 Å². The van der Waals surface area contributed by atoms with Gasteiger partial charge in [0.2, 0.25) is 0 Å². The molecule has 0 saturated carbocycles. The second-order valence-electron chi connectivity index (χ2n) is 10.3. The van der Waals surface area contributed by atoms with E-state index >= 15 is 0 Å². The lowest BCUT2D eigenvalue weighted by molar-refractivity contribution is 0.0331. The first kappa shape index (κ1) is 23.9. The zero-order valence-corrected chi connectivity index (χ0v) is 21.6. The molecule has 2 atom stereocenters. The molecule has 0 bridgehead atoms. The number of hydrogen-bond donors (Lipinski definition) is 0. The smallest absolute Gasteiger partial charge is 0.282 e. The summed E-state index contributed by atoms with van der Waals surface area (Å²) in [6.07, 6.45) is 1.99. The molecule has 0 aliphatic carbocycles. The van der Waals surface area contributed by atoms with E-state index in [0.717, 1.165) is 39.0 Å². The number of piperazine rings is 1. The monoisotopic (exact) mass is 482 g/mol. The summed E-state index contributed by atoms with van der Waals surface area (Å²) in [5.74, 6) is 0.385. The van der Waals surface area contributed by atoms with Gasteiger partial charge in [-0.1, -0.05) is 42.5 Å². The molecule has 0 amide bonds. The third kappa shape index (κ3) is 4.56. The molecule has 0 aromatic heterocycles.